The van der Waals surface area contributed by atoms with E-state index in [2.05, 4.69) is 24.8 Å². The summed E-state index contributed by atoms with van der Waals surface area (Å²) < 4.78 is 22.4. The summed E-state index contributed by atoms with van der Waals surface area (Å²) in [5.41, 5.74) is 1.45. The lowest BCUT2D eigenvalue weighted by Crippen LogP contribution is -2.23. The Balaban J connectivity index is 2.31. The Morgan fingerprint density at radius 2 is 1.43 bits per heavy atom. The molecule has 2 rings (SSSR count). The lowest BCUT2D eigenvalue weighted by atomic mass is 10.1. The van der Waals surface area contributed by atoms with Crippen molar-refractivity contribution in [3.8, 4) is 17.6 Å². The summed E-state index contributed by atoms with van der Waals surface area (Å²) in [6, 6.07) is 5.88. The maximum absolute atomic E-state index is 9.45. The summed E-state index contributed by atoms with van der Waals surface area (Å²) in [4.78, 5) is 2.12. The molecule has 1 aliphatic rings. The highest BCUT2D eigenvalue weighted by Crippen LogP contribution is 2.35. The van der Waals surface area contributed by atoms with Gasteiger partial charge in [-0.2, -0.15) is 5.26 Å². The van der Waals surface area contributed by atoms with E-state index in [4.69, 9.17) is 18.9 Å². The Labute approximate surface area is 137 Å². The maximum atomic E-state index is 9.45. The highest BCUT2D eigenvalue weighted by molar-refractivity contribution is 5.66. The first-order valence-electron chi connectivity index (χ1n) is 8.04. The number of rotatable bonds is 3. The van der Waals surface area contributed by atoms with Gasteiger partial charge >= 0.3 is 0 Å². The van der Waals surface area contributed by atoms with E-state index in [9.17, 15) is 5.26 Å². The van der Waals surface area contributed by atoms with Gasteiger partial charge < -0.3 is 23.8 Å². The second kappa shape index (κ2) is 9.23. The molecule has 23 heavy (non-hydrogen) atoms. The average molecular weight is 320 g/mol. The van der Waals surface area contributed by atoms with Crippen molar-refractivity contribution in [3.05, 3.63) is 17.7 Å². The van der Waals surface area contributed by atoms with Crippen LogP contribution >= 0.6 is 0 Å². The number of ether oxygens (including phenoxy) is 4. The minimum atomic E-state index is 0.409. The van der Waals surface area contributed by atoms with Gasteiger partial charge in [-0.15, -0.1) is 0 Å². The van der Waals surface area contributed by atoms with Crippen molar-refractivity contribution < 1.29 is 18.9 Å². The molecule has 0 radical (unpaired) electrons. The van der Waals surface area contributed by atoms with Gasteiger partial charge in [-0.1, -0.05) is 0 Å². The van der Waals surface area contributed by atoms with E-state index >= 15 is 0 Å². The van der Waals surface area contributed by atoms with Crippen molar-refractivity contribution in [2.24, 2.45) is 0 Å². The normalized spacial score (nSPS) is 15.9. The predicted molar refractivity (Wildman–Crippen MR) is 87.3 cm³/mol. The van der Waals surface area contributed by atoms with Gasteiger partial charge in [0.2, 0.25) is 0 Å². The van der Waals surface area contributed by atoms with Crippen molar-refractivity contribution in [2.75, 3.05) is 57.6 Å². The summed E-state index contributed by atoms with van der Waals surface area (Å²) >= 11 is 0. The minimum Gasteiger partial charge on any atom is -0.487 e. The van der Waals surface area contributed by atoms with Crippen LogP contribution in [0.4, 0.5) is 5.69 Å². The maximum Gasteiger partial charge on any atom is 0.163 e. The van der Waals surface area contributed by atoms with E-state index in [0.717, 1.165) is 18.8 Å². The quantitative estimate of drug-likeness (QED) is 0.851. The topological polar surface area (TPSA) is 64.0 Å². The lowest BCUT2D eigenvalue weighted by molar-refractivity contribution is 0.0223. The van der Waals surface area contributed by atoms with E-state index in [-0.39, 0.29) is 0 Å². The zero-order valence-corrected chi connectivity index (χ0v) is 13.8. The molecular weight excluding hydrogens is 296 g/mol. The number of nitriles is 1. The SMILES string of the molecule is CCN(CC)c1cc2c(cc1C#N)OCCOCCOCCO2. The Morgan fingerprint density at radius 1 is 0.913 bits per heavy atom. The standard InChI is InChI=1S/C17H24N2O4/c1-3-19(4-2)15-12-17-16(11-14(15)13-18)22-9-7-20-5-6-21-8-10-23-17/h11-12H,3-10H2,1-2H3. The van der Waals surface area contributed by atoms with Crippen LogP contribution in [0.3, 0.4) is 0 Å². The van der Waals surface area contributed by atoms with Gasteiger partial charge in [-0.05, 0) is 13.8 Å². The monoisotopic (exact) mass is 320 g/mol. The van der Waals surface area contributed by atoms with Crippen molar-refractivity contribution in [1.29, 1.82) is 5.26 Å². The first kappa shape index (κ1) is 17.4. The Kier molecular flexibility index (Phi) is 6.98. The summed E-state index contributed by atoms with van der Waals surface area (Å²) in [7, 11) is 0. The van der Waals surface area contributed by atoms with Crippen LogP contribution in [0.2, 0.25) is 0 Å². The summed E-state index contributed by atoms with van der Waals surface area (Å²) in [5, 5.41) is 9.45. The highest BCUT2D eigenvalue weighted by Gasteiger charge is 2.16. The van der Waals surface area contributed by atoms with E-state index in [0.29, 0.717) is 56.7 Å². The molecule has 6 heteroatoms. The Morgan fingerprint density at radius 3 is 1.96 bits per heavy atom. The third kappa shape index (κ3) is 4.75. The average Bonchev–Trinajstić information content (AvgIpc) is 2.57. The molecule has 0 fully saturated rings. The molecule has 0 unspecified atom stereocenters. The van der Waals surface area contributed by atoms with E-state index < -0.39 is 0 Å². The number of nitrogens with zero attached hydrogens (tertiary/aromatic N) is 2. The molecule has 1 aliphatic heterocycles. The number of anilines is 1. The van der Waals surface area contributed by atoms with Gasteiger partial charge in [-0.3, -0.25) is 0 Å². The van der Waals surface area contributed by atoms with Gasteiger partial charge in [0.15, 0.2) is 11.5 Å². The molecule has 0 atom stereocenters. The van der Waals surface area contributed by atoms with E-state index in [1.807, 2.05) is 6.07 Å². The smallest absolute Gasteiger partial charge is 0.163 e. The van der Waals surface area contributed by atoms with Crippen molar-refractivity contribution >= 4 is 5.69 Å². The van der Waals surface area contributed by atoms with Crippen molar-refractivity contribution in [1.82, 2.24) is 0 Å². The fourth-order valence-electron chi connectivity index (χ4n) is 2.43. The van der Waals surface area contributed by atoms with Crippen LogP contribution < -0.4 is 14.4 Å². The number of hydrogen-bond donors (Lipinski definition) is 0. The zero-order chi connectivity index (χ0) is 16.5. The van der Waals surface area contributed by atoms with Crippen LogP contribution in [0, 0.1) is 11.3 Å². The molecule has 0 aliphatic carbocycles. The molecule has 126 valence electrons. The first-order valence-corrected chi connectivity index (χ1v) is 8.04. The van der Waals surface area contributed by atoms with Crippen LogP contribution in [0.1, 0.15) is 19.4 Å². The summed E-state index contributed by atoms with van der Waals surface area (Å²) in [6.07, 6.45) is 0. The largest absolute Gasteiger partial charge is 0.487 e. The fourth-order valence-corrected chi connectivity index (χ4v) is 2.43. The van der Waals surface area contributed by atoms with Crippen LogP contribution in [0.15, 0.2) is 12.1 Å². The third-order valence-electron chi connectivity index (χ3n) is 3.63. The molecule has 1 aromatic carbocycles. The number of hydrogen-bond acceptors (Lipinski definition) is 6. The first-order chi connectivity index (χ1) is 11.3. The lowest BCUT2D eigenvalue weighted by Gasteiger charge is -2.24. The molecule has 0 spiro atoms. The van der Waals surface area contributed by atoms with Gasteiger partial charge in [0.1, 0.15) is 19.3 Å². The Hall–Kier alpha value is -1.97. The van der Waals surface area contributed by atoms with Crippen molar-refractivity contribution in [3.63, 3.8) is 0 Å². The van der Waals surface area contributed by atoms with E-state index in [1.165, 1.54) is 0 Å². The zero-order valence-electron chi connectivity index (χ0n) is 13.8. The second-order valence-electron chi connectivity index (χ2n) is 5.02. The van der Waals surface area contributed by atoms with Crippen LogP contribution in [-0.4, -0.2) is 52.7 Å². The van der Waals surface area contributed by atoms with Gasteiger partial charge in [0, 0.05) is 25.2 Å². The molecule has 1 aromatic rings. The van der Waals surface area contributed by atoms with Crippen molar-refractivity contribution in [2.45, 2.75) is 13.8 Å². The molecule has 0 N–H and O–H groups in total. The van der Waals surface area contributed by atoms with Crippen LogP contribution in [-0.2, 0) is 9.47 Å². The number of fused-ring (bicyclic) bond motifs is 1. The van der Waals surface area contributed by atoms with Gasteiger partial charge in [0.25, 0.3) is 0 Å². The third-order valence-corrected chi connectivity index (χ3v) is 3.63. The molecule has 1 heterocycles. The molecule has 0 saturated heterocycles. The summed E-state index contributed by atoms with van der Waals surface area (Å²) in [6.45, 7) is 8.66. The fraction of sp³-hybridized carbons (Fsp3) is 0.588. The molecule has 0 amide bonds. The second-order valence-corrected chi connectivity index (χ2v) is 5.02. The van der Waals surface area contributed by atoms with Gasteiger partial charge in [-0.25, -0.2) is 0 Å². The van der Waals surface area contributed by atoms with Crippen LogP contribution in [0.5, 0.6) is 11.5 Å². The van der Waals surface area contributed by atoms with E-state index in [1.54, 1.807) is 6.07 Å². The molecule has 0 aromatic heterocycles. The molecule has 6 nitrogen and oxygen atoms in total. The highest BCUT2D eigenvalue weighted by atomic mass is 16.6. The minimum absolute atomic E-state index is 0.409. The molecule has 0 saturated carbocycles. The van der Waals surface area contributed by atoms with Crippen LogP contribution in [0.25, 0.3) is 0 Å². The summed E-state index contributed by atoms with van der Waals surface area (Å²) in [5.74, 6) is 1.21. The predicted octanol–water partition coefficient (Wildman–Crippen LogP) is 2.21. The molecule has 0 bridgehead atoms. The number of benzene rings is 1. The van der Waals surface area contributed by atoms with Gasteiger partial charge in [0.05, 0.1) is 37.7 Å². The Bertz CT molecular complexity index is 538. The molecular formula is C17H24N2O4.